The van der Waals surface area contributed by atoms with Crippen LogP contribution in [0.2, 0.25) is 0 Å². The average molecular weight is 413 g/mol. The van der Waals surface area contributed by atoms with E-state index in [2.05, 4.69) is 30.8 Å². The van der Waals surface area contributed by atoms with Crippen molar-refractivity contribution in [3.8, 4) is 5.88 Å². The van der Waals surface area contributed by atoms with Crippen molar-refractivity contribution >= 4 is 16.7 Å². The fourth-order valence-electron chi connectivity index (χ4n) is 4.00. The lowest BCUT2D eigenvalue weighted by molar-refractivity contribution is 0.100. The van der Waals surface area contributed by atoms with E-state index in [-0.39, 0.29) is 17.0 Å². The van der Waals surface area contributed by atoms with E-state index in [1.54, 1.807) is 18.3 Å². The van der Waals surface area contributed by atoms with Crippen molar-refractivity contribution in [1.82, 2.24) is 14.5 Å². The Bertz CT molecular complexity index is 1180. The molecule has 8 nitrogen and oxygen atoms in total. The molecule has 160 valence electrons. The summed E-state index contributed by atoms with van der Waals surface area (Å²) in [6, 6.07) is 5.38. The van der Waals surface area contributed by atoms with Gasteiger partial charge in [0.15, 0.2) is 11.1 Å². The molecule has 0 spiro atoms. The van der Waals surface area contributed by atoms with Gasteiger partial charge in [0, 0.05) is 24.9 Å². The SMILES string of the molecule is CC(C)(C)C1CCN(CCOc2nn3cccc4oc(=O)ccc(=O)oc2c43)CC1. The van der Waals surface area contributed by atoms with E-state index in [1.807, 2.05) is 0 Å². The first-order valence-electron chi connectivity index (χ1n) is 10.3. The van der Waals surface area contributed by atoms with Gasteiger partial charge in [-0.25, -0.2) is 14.1 Å². The van der Waals surface area contributed by atoms with Crippen LogP contribution in [0.15, 0.2) is 48.9 Å². The molecule has 0 aromatic carbocycles. The van der Waals surface area contributed by atoms with Crippen molar-refractivity contribution in [3.63, 3.8) is 0 Å². The molecular formula is C22H27N3O5. The number of ether oxygens (including phenoxy) is 1. The van der Waals surface area contributed by atoms with E-state index < -0.39 is 11.3 Å². The second kappa shape index (κ2) is 8.10. The van der Waals surface area contributed by atoms with Gasteiger partial charge in [-0.3, -0.25) is 4.90 Å². The van der Waals surface area contributed by atoms with Crippen molar-refractivity contribution in [2.45, 2.75) is 33.6 Å². The Kier molecular flexibility index (Phi) is 5.51. The molecular weight excluding hydrogens is 386 g/mol. The number of piperidine rings is 1. The summed E-state index contributed by atoms with van der Waals surface area (Å²) in [5.41, 5.74) is -0.214. The summed E-state index contributed by atoms with van der Waals surface area (Å²) < 4.78 is 18.1. The second-order valence-electron chi connectivity index (χ2n) is 8.81. The molecule has 8 heteroatoms. The zero-order chi connectivity index (χ0) is 21.3. The van der Waals surface area contributed by atoms with Crippen LogP contribution in [0.1, 0.15) is 33.6 Å². The number of pyridine rings is 1. The molecule has 0 aliphatic carbocycles. The Morgan fingerprint density at radius 1 is 1.10 bits per heavy atom. The van der Waals surface area contributed by atoms with Crippen LogP contribution in [0.25, 0.3) is 16.7 Å². The largest absolute Gasteiger partial charge is 0.473 e. The average Bonchev–Trinajstić information content (AvgIpc) is 3.06. The maximum atomic E-state index is 12.0. The molecule has 1 fully saturated rings. The molecule has 1 aliphatic rings. The molecule has 4 rings (SSSR count). The zero-order valence-corrected chi connectivity index (χ0v) is 17.6. The van der Waals surface area contributed by atoms with Gasteiger partial charge in [0.2, 0.25) is 5.58 Å². The Morgan fingerprint density at radius 2 is 1.80 bits per heavy atom. The Labute approximate surface area is 173 Å². The lowest BCUT2D eigenvalue weighted by Gasteiger charge is -2.38. The lowest BCUT2D eigenvalue weighted by Crippen LogP contribution is -2.39. The second-order valence-corrected chi connectivity index (χ2v) is 8.81. The summed E-state index contributed by atoms with van der Waals surface area (Å²) in [5, 5.41) is 4.37. The molecule has 1 saturated heterocycles. The molecule has 0 amide bonds. The Hall–Kier alpha value is -2.87. The van der Waals surface area contributed by atoms with Crippen molar-refractivity contribution in [2.24, 2.45) is 11.3 Å². The number of aromatic nitrogens is 2. The minimum atomic E-state index is -0.687. The third-order valence-corrected chi connectivity index (χ3v) is 5.77. The van der Waals surface area contributed by atoms with E-state index in [1.165, 1.54) is 17.4 Å². The zero-order valence-electron chi connectivity index (χ0n) is 17.6. The van der Waals surface area contributed by atoms with Crippen molar-refractivity contribution in [1.29, 1.82) is 0 Å². The smallest absolute Gasteiger partial charge is 0.336 e. The first kappa shape index (κ1) is 20.4. The molecule has 0 atom stereocenters. The van der Waals surface area contributed by atoms with Crippen LogP contribution in [0.3, 0.4) is 0 Å². The maximum absolute atomic E-state index is 12.0. The van der Waals surface area contributed by atoms with Gasteiger partial charge >= 0.3 is 11.3 Å². The predicted molar refractivity (Wildman–Crippen MR) is 113 cm³/mol. The third-order valence-electron chi connectivity index (χ3n) is 5.77. The quantitative estimate of drug-likeness (QED) is 0.649. The predicted octanol–water partition coefficient (Wildman–Crippen LogP) is 3.09. The van der Waals surface area contributed by atoms with Gasteiger partial charge in [0.1, 0.15) is 6.61 Å². The fraction of sp³-hybridized carbons (Fsp3) is 0.500. The summed E-state index contributed by atoms with van der Waals surface area (Å²) >= 11 is 0. The highest BCUT2D eigenvalue weighted by molar-refractivity contribution is 5.90. The highest BCUT2D eigenvalue weighted by atomic mass is 16.5. The molecule has 30 heavy (non-hydrogen) atoms. The molecule has 0 radical (unpaired) electrons. The minimum Gasteiger partial charge on any atom is -0.473 e. The van der Waals surface area contributed by atoms with Crippen molar-refractivity contribution in [3.05, 3.63) is 51.3 Å². The van der Waals surface area contributed by atoms with Gasteiger partial charge in [0.25, 0.3) is 5.88 Å². The minimum absolute atomic E-state index is 0.154. The molecule has 3 aromatic rings. The van der Waals surface area contributed by atoms with Crippen molar-refractivity contribution < 1.29 is 13.6 Å². The molecule has 1 aliphatic heterocycles. The molecule has 3 aromatic heterocycles. The van der Waals surface area contributed by atoms with Gasteiger partial charge in [-0.15, -0.1) is 5.10 Å². The van der Waals surface area contributed by atoms with Crippen LogP contribution < -0.4 is 16.0 Å². The molecule has 4 heterocycles. The first-order chi connectivity index (χ1) is 14.3. The van der Waals surface area contributed by atoms with Gasteiger partial charge < -0.3 is 13.6 Å². The summed E-state index contributed by atoms with van der Waals surface area (Å²) in [4.78, 5) is 26.3. The normalized spacial score (nSPS) is 16.2. The van der Waals surface area contributed by atoms with E-state index in [0.29, 0.717) is 17.5 Å². The van der Waals surface area contributed by atoms with Crippen LogP contribution in [-0.2, 0) is 0 Å². The lowest BCUT2D eigenvalue weighted by atomic mass is 9.75. The number of hydrogen-bond donors (Lipinski definition) is 0. The Morgan fingerprint density at radius 3 is 2.50 bits per heavy atom. The summed E-state index contributed by atoms with van der Waals surface area (Å²) in [5.74, 6) is 0.939. The summed E-state index contributed by atoms with van der Waals surface area (Å²) in [6.45, 7) is 10.2. The third kappa shape index (κ3) is 4.33. The molecule has 0 saturated carbocycles. The number of hydrogen-bond acceptors (Lipinski definition) is 7. The first-order valence-corrected chi connectivity index (χ1v) is 10.3. The number of rotatable bonds is 4. The fourth-order valence-corrected chi connectivity index (χ4v) is 4.00. The van der Waals surface area contributed by atoms with Crippen LogP contribution >= 0.6 is 0 Å². The summed E-state index contributed by atoms with van der Waals surface area (Å²) in [6.07, 6.45) is 4.04. The topological polar surface area (TPSA) is 90.2 Å². The van der Waals surface area contributed by atoms with E-state index in [4.69, 9.17) is 13.6 Å². The van der Waals surface area contributed by atoms with Crippen LogP contribution in [0, 0.1) is 11.3 Å². The van der Waals surface area contributed by atoms with Crippen LogP contribution in [0.5, 0.6) is 5.88 Å². The number of nitrogens with zero attached hydrogens (tertiary/aromatic N) is 3. The Balaban J connectivity index is 1.55. The van der Waals surface area contributed by atoms with Gasteiger partial charge in [-0.05, 0) is 49.4 Å². The van der Waals surface area contributed by atoms with Gasteiger partial charge in [0.05, 0.1) is 0 Å². The number of likely N-dealkylation sites (tertiary alicyclic amines) is 1. The van der Waals surface area contributed by atoms with Crippen molar-refractivity contribution in [2.75, 3.05) is 26.2 Å². The maximum Gasteiger partial charge on any atom is 0.336 e. The van der Waals surface area contributed by atoms with Crippen LogP contribution in [0.4, 0.5) is 0 Å². The molecule has 0 bridgehead atoms. The standard InChI is InChI=1S/C22H27N3O5/c1-22(2,3)15-8-11-24(12-9-15)13-14-28-21-20-19-16(5-4-10-25(19)23-21)29-17(26)6-7-18(27)30-20/h4-7,10,15H,8-9,11-14H2,1-3H3. The van der Waals surface area contributed by atoms with E-state index in [9.17, 15) is 9.59 Å². The highest BCUT2D eigenvalue weighted by Gasteiger charge is 2.28. The molecule has 0 unspecified atom stereocenters. The van der Waals surface area contributed by atoms with Crippen LogP contribution in [-0.4, -0.2) is 40.8 Å². The highest BCUT2D eigenvalue weighted by Crippen LogP contribution is 2.34. The van der Waals surface area contributed by atoms with E-state index >= 15 is 0 Å². The van der Waals surface area contributed by atoms with Gasteiger partial charge in [-0.2, -0.15) is 0 Å². The summed E-state index contributed by atoms with van der Waals surface area (Å²) in [7, 11) is 0. The monoisotopic (exact) mass is 413 g/mol. The van der Waals surface area contributed by atoms with E-state index in [0.717, 1.165) is 37.7 Å². The van der Waals surface area contributed by atoms with Gasteiger partial charge in [-0.1, -0.05) is 20.8 Å². The molecule has 0 N–H and O–H groups in total.